The lowest BCUT2D eigenvalue weighted by Gasteiger charge is -2.22. The summed E-state index contributed by atoms with van der Waals surface area (Å²) in [6.45, 7) is 1.99. The van der Waals surface area contributed by atoms with Crippen LogP contribution in [0.2, 0.25) is 0 Å². The second-order valence-corrected chi connectivity index (χ2v) is 4.80. The molecule has 0 aliphatic carbocycles. The molecule has 1 N–H and O–H groups in total. The summed E-state index contributed by atoms with van der Waals surface area (Å²) < 4.78 is 16.0. The minimum Gasteiger partial charge on any atom is -0.321 e. The van der Waals surface area contributed by atoms with Gasteiger partial charge in [-0.3, -0.25) is 0 Å². The summed E-state index contributed by atoms with van der Waals surface area (Å²) in [5.41, 5.74) is 1.92. The zero-order valence-corrected chi connectivity index (χ0v) is 10.0. The fourth-order valence-electron chi connectivity index (χ4n) is 2.89. The van der Waals surface area contributed by atoms with E-state index < -0.39 is 0 Å². The molecule has 1 saturated heterocycles. The normalized spacial score (nSPS) is 17.8. The van der Waals surface area contributed by atoms with Gasteiger partial charge in [0.15, 0.2) is 5.95 Å². The molecular formula is C14H17FN2. The van der Waals surface area contributed by atoms with Crippen LogP contribution in [0.25, 0.3) is 10.9 Å². The van der Waals surface area contributed by atoms with Gasteiger partial charge in [-0.1, -0.05) is 18.2 Å². The second-order valence-electron chi connectivity index (χ2n) is 4.80. The molecule has 3 heteroatoms. The summed E-state index contributed by atoms with van der Waals surface area (Å²) in [5.74, 6) is 0.306. The van der Waals surface area contributed by atoms with Crippen molar-refractivity contribution < 1.29 is 4.39 Å². The van der Waals surface area contributed by atoms with E-state index in [9.17, 15) is 4.39 Å². The van der Waals surface area contributed by atoms with Crippen molar-refractivity contribution in [2.24, 2.45) is 7.05 Å². The van der Waals surface area contributed by atoms with Gasteiger partial charge in [-0.2, -0.15) is 4.39 Å². The first-order chi connectivity index (χ1) is 8.29. The van der Waals surface area contributed by atoms with E-state index in [4.69, 9.17) is 0 Å². The molecule has 2 heterocycles. The summed E-state index contributed by atoms with van der Waals surface area (Å²) >= 11 is 0. The lowest BCUT2D eigenvalue weighted by Crippen LogP contribution is -2.27. The predicted octanol–water partition coefficient (Wildman–Crippen LogP) is 2.78. The van der Waals surface area contributed by atoms with Gasteiger partial charge in [0.1, 0.15) is 0 Å². The van der Waals surface area contributed by atoms with Gasteiger partial charge in [0, 0.05) is 18.0 Å². The van der Waals surface area contributed by atoms with E-state index in [2.05, 4.69) is 5.32 Å². The summed E-state index contributed by atoms with van der Waals surface area (Å²) in [6.07, 6.45) is 2.07. The number of nitrogens with one attached hydrogen (secondary N) is 1. The Hall–Kier alpha value is -1.35. The largest absolute Gasteiger partial charge is 0.321 e. The van der Waals surface area contributed by atoms with Gasteiger partial charge < -0.3 is 9.88 Å². The van der Waals surface area contributed by atoms with Crippen molar-refractivity contribution in [2.45, 2.75) is 18.8 Å². The lowest BCUT2D eigenvalue weighted by molar-refractivity contribution is 0.436. The fourth-order valence-corrected chi connectivity index (χ4v) is 2.89. The van der Waals surface area contributed by atoms with Crippen LogP contribution in [0.4, 0.5) is 4.39 Å². The zero-order valence-electron chi connectivity index (χ0n) is 10.0. The molecule has 2 nitrogen and oxygen atoms in total. The summed E-state index contributed by atoms with van der Waals surface area (Å²) in [5, 5.41) is 4.41. The second kappa shape index (κ2) is 4.15. The molecule has 0 bridgehead atoms. The number of aromatic nitrogens is 1. The van der Waals surface area contributed by atoms with Crippen molar-refractivity contribution in [3.05, 3.63) is 35.8 Å². The Morgan fingerprint density at radius 3 is 2.71 bits per heavy atom. The summed E-state index contributed by atoms with van der Waals surface area (Å²) in [4.78, 5) is 0. The van der Waals surface area contributed by atoms with Gasteiger partial charge in [0.05, 0.1) is 5.52 Å². The molecule has 0 saturated carbocycles. The van der Waals surface area contributed by atoms with Crippen molar-refractivity contribution in [3.63, 3.8) is 0 Å². The number of aryl methyl sites for hydroxylation is 1. The zero-order chi connectivity index (χ0) is 11.8. The molecule has 3 rings (SSSR count). The van der Waals surface area contributed by atoms with Crippen LogP contribution in [0.1, 0.15) is 24.3 Å². The van der Waals surface area contributed by atoms with Gasteiger partial charge in [-0.25, -0.2) is 0 Å². The molecule has 1 aromatic carbocycles. The van der Waals surface area contributed by atoms with Gasteiger partial charge >= 0.3 is 0 Å². The van der Waals surface area contributed by atoms with E-state index in [0.29, 0.717) is 5.92 Å². The van der Waals surface area contributed by atoms with Gasteiger partial charge in [0.2, 0.25) is 0 Å². The molecule has 0 amide bonds. The third kappa shape index (κ3) is 1.65. The number of hydrogen-bond acceptors (Lipinski definition) is 1. The highest BCUT2D eigenvalue weighted by atomic mass is 19.1. The van der Waals surface area contributed by atoms with Crippen LogP contribution in [0.5, 0.6) is 0 Å². The van der Waals surface area contributed by atoms with E-state index in [1.165, 1.54) is 0 Å². The first-order valence-electron chi connectivity index (χ1n) is 6.22. The number of hydrogen-bond donors (Lipinski definition) is 1. The smallest absolute Gasteiger partial charge is 0.198 e. The third-order valence-electron chi connectivity index (χ3n) is 3.82. The highest BCUT2D eigenvalue weighted by Crippen LogP contribution is 2.34. The van der Waals surface area contributed by atoms with Crippen LogP contribution < -0.4 is 5.32 Å². The van der Waals surface area contributed by atoms with E-state index in [-0.39, 0.29) is 5.95 Å². The van der Waals surface area contributed by atoms with Gasteiger partial charge in [-0.15, -0.1) is 0 Å². The molecule has 1 fully saturated rings. The molecular weight excluding hydrogens is 215 g/mol. The Morgan fingerprint density at radius 2 is 1.94 bits per heavy atom. The molecule has 2 aromatic rings. The predicted molar refractivity (Wildman–Crippen MR) is 67.7 cm³/mol. The Morgan fingerprint density at radius 1 is 1.24 bits per heavy atom. The van der Waals surface area contributed by atoms with Crippen LogP contribution in [-0.4, -0.2) is 17.7 Å². The molecule has 0 atom stereocenters. The summed E-state index contributed by atoms with van der Waals surface area (Å²) in [6, 6.07) is 7.99. The van der Waals surface area contributed by atoms with Crippen LogP contribution in [-0.2, 0) is 7.05 Å². The number of piperidine rings is 1. The van der Waals surface area contributed by atoms with Crippen LogP contribution in [0.3, 0.4) is 0 Å². The average Bonchev–Trinajstić information content (AvgIpc) is 2.64. The summed E-state index contributed by atoms with van der Waals surface area (Å²) in [7, 11) is 1.81. The maximum Gasteiger partial charge on any atom is 0.198 e. The number of halogens is 1. The Balaban J connectivity index is 2.17. The molecule has 17 heavy (non-hydrogen) atoms. The van der Waals surface area contributed by atoms with Gasteiger partial charge in [0.25, 0.3) is 0 Å². The first kappa shape index (κ1) is 10.8. The standard InChI is InChI=1S/C14H17FN2/c1-17-12-5-3-2-4-11(12)13(14(17)15)10-6-8-16-9-7-10/h2-5,10,16H,6-9H2,1H3. The molecule has 0 spiro atoms. The number of benzene rings is 1. The molecule has 1 aliphatic heterocycles. The van der Waals surface area contributed by atoms with Gasteiger partial charge in [-0.05, 0) is 37.9 Å². The molecule has 0 radical (unpaired) electrons. The lowest BCUT2D eigenvalue weighted by atomic mass is 9.90. The minimum atomic E-state index is -0.0573. The highest BCUT2D eigenvalue weighted by Gasteiger charge is 2.24. The van der Waals surface area contributed by atoms with E-state index in [0.717, 1.165) is 42.4 Å². The molecule has 90 valence electrons. The van der Waals surface area contributed by atoms with Crippen molar-refractivity contribution in [1.29, 1.82) is 0 Å². The number of nitrogens with zero attached hydrogens (tertiary/aromatic N) is 1. The Bertz CT molecular complexity index is 538. The third-order valence-corrected chi connectivity index (χ3v) is 3.82. The Labute approximate surface area is 100 Å². The quantitative estimate of drug-likeness (QED) is 0.800. The monoisotopic (exact) mass is 232 g/mol. The molecule has 1 aromatic heterocycles. The van der Waals surface area contributed by atoms with E-state index in [1.54, 1.807) is 4.57 Å². The average molecular weight is 232 g/mol. The molecule has 1 aliphatic rings. The van der Waals surface area contributed by atoms with E-state index in [1.807, 2.05) is 31.3 Å². The maximum atomic E-state index is 14.3. The van der Waals surface area contributed by atoms with E-state index >= 15 is 0 Å². The first-order valence-corrected chi connectivity index (χ1v) is 6.22. The number of rotatable bonds is 1. The fraction of sp³-hybridized carbons (Fsp3) is 0.429. The van der Waals surface area contributed by atoms with Crippen LogP contribution in [0.15, 0.2) is 24.3 Å². The minimum absolute atomic E-state index is 0.0573. The topological polar surface area (TPSA) is 17.0 Å². The Kier molecular flexibility index (Phi) is 2.63. The van der Waals surface area contributed by atoms with Crippen molar-refractivity contribution in [3.8, 4) is 0 Å². The highest BCUT2D eigenvalue weighted by molar-refractivity contribution is 5.84. The maximum absolute atomic E-state index is 14.3. The van der Waals surface area contributed by atoms with Crippen LogP contribution in [0, 0.1) is 5.95 Å². The molecule has 0 unspecified atom stereocenters. The number of para-hydroxylation sites is 1. The SMILES string of the molecule is Cn1c(F)c(C2CCNCC2)c2ccccc21. The van der Waals surface area contributed by atoms with Crippen LogP contribution >= 0.6 is 0 Å². The van der Waals surface area contributed by atoms with Crippen molar-refractivity contribution in [2.75, 3.05) is 13.1 Å². The van der Waals surface area contributed by atoms with Crippen molar-refractivity contribution in [1.82, 2.24) is 9.88 Å². The number of fused-ring (bicyclic) bond motifs is 1. The van der Waals surface area contributed by atoms with Crippen molar-refractivity contribution >= 4 is 10.9 Å².